The number of carbonyl (C=O) groups excluding carboxylic acids is 1. The highest BCUT2D eigenvalue weighted by atomic mass is 79.9. The summed E-state index contributed by atoms with van der Waals surface area (Å²) in [5.74, 6) is 1.16. The predicted octanol–water partition coefficient (Wildman–Crippen LogP) is 5.03. The van der Waals surface area contributed by atoms with Crippen molar-refractivity contribution in [1.29, 1.82) is 0 Å². The summed E-state index contributed by atoms with van der Waals surface area (Å²) in [4.78, 5) is 33.1. The van der Waals surface area contributed by atoms with Crippen LogP contribution in [-0.4, -0.2) is 23.9 Å². The van der Waals surface area contributed by atoms with E-state index in [0.717, 1.165) is 9.37 Å². The van der Waals surface area contributed by atoms with Crippen molar-refractivity contribution in [3.05, 3.63) is 101 Å². The van der Waals surface area contributed by atoms with Crippen LogP contribution in [0.25, 0.3) is 6.08 Å². The van der Waals surface area contributed by atoms with E-state index in [1.165, 1.54) is 27.7 Å². The Hall–Kier alpha value is -3.54. The number of esters is 1. The van der Waals surface area contributed by atoms with E-state index in [9.17, 15) is 9.59 Å². The summed E-state index contributed by atoms with van der Waals surface area (Å²) >= 11 is 6.28. The van der Waals surface area contributed by atoms with Crippen molar-refractivity contribution in [2.45, 2.75) is 29.9 Å². The van der Waals surface area contributed by atoms with E-state index in [1.807, 2.05) is 42.5 Å². The molecule has 2 aliphatic heterocycles. The molecule has 0 spiro atoms. The second-order valence-electron chi connectivity index (χ2n) is 8.61. The lowest BCUT2D eigenvalue weighted by molar-refractivity contribution is -0.139. The Bertz CT molecular complexity index is 1810. The van der Waals surface area contributed by atoms with Crippen LogP contribution < -0.4 is 24.4 Å². The summed E-state index contributed by atoms with van der Waals surface area (Å²) in [6.07, 6.45) is 1.70. The summed E-state index contributed by atoms with van der Waals surface area (Å²) in [6.45, 7) is 3.81. The maximum atomic E-state index is 13.8. The van der Waals surface area contributed by atoms with Crippen LogP contribution >= 0.6 is 39.0 Å². The van der Waals surface area contributed by atoms with Crippen LogP contribution in [0.4, 0.5) is 0 Å². The molecule has 0 saturated carbocycles. The molecule has 0 aliphatic carbocycles. The molecular formula is C28H21BrN2O6S2. The lowest BCUT2D eigenvalue weighted by Crippen LogP contribution is -2.39. The molecule has 198 valence electrons. The van der Waals surface area contributed by atoms with Gasteiger partial charge in [0.15, 0.2) is 21.4 Å². The van der Waals surface area contributed by atoms with Gasteiger partial charge in [-0.05, 0) is 65.7 Å². The van der Waals surface area contributed by atoms with Gasteiger partial charge in [0.25, 0.3) is 5.56 Å². The SMILES string of the molecule is CCOC(=O)C1=C(C)N=c2s/c(=C/c3cc(Br)c(Sc4ccccc4)o3)c(=O)n2[C@@H]1c1ccc2c(c1)OCO2. The fraction of sp³-hybridized carbons (Fsp3) is 0.179. The quantitative estimate of drug-likeness (QED) is 0.278. The first-order valence-electron chi connectivity index (χ1n) is 12.0. The van der Waals surface area contributed by atoms with Crippen molar-refractivity contribution in [2.24, 2.45) is 4.99 Å². The Labute approximate surface area is 239 Å². The highest BCUT2D eigenvalue weighted by Crippen LogP contribution is 2.38. The van der Waals surface area contributed by atoms with Crippen LogP contribution in [0.1, 0.15) is 31.2 Å². The van der Waals surface area contributed by atoms with Crippen LogP contribution in [0.3, 0.4) is 0 Å². The van der Waals surface area contributed by atoms with Gasteiger partial charge in [0.1, 0.15) is 5.76 Å². The second kappa shape index (κ2) is 10.6. The molecule has 2 aliphatic rings. The first-order valence-corrected chi connectivity index (χ1v) is 14.5. The first kappa shape index (κ1) is 25.7. The first-order chi connectivity index (χ1) is 18.9. The Morgan fingerprint density at radius 1 is 1.21 bits per heavy atom. The van der Waals surface area contributed by atoms with E-state index < -0.39 is 12.0 Å². The molecule has 0 N–H and O–H groups in total. The molecule has 2 aromatic heterocycles. The third-order valence-corrected chi connectivity index (χ3v) is 8.96. The number of benzene rings is 2. The fourth-order valence-electron chi connectivity index (χ4n) is 4.42. The van der Waals surface area contributed by atoms with Crippen molar-refractivity contribution in [2.75, 3.05) is 13.4 Å². The molecule has 6 rings (SSSR count). The number of hydrogen-bond acceptors (Lipinski definition) is 9. The number of nitrogens with zero attached hydrogens (tertiary/aromatic N) is 2. The van der Waals surface area contributed by atoms with Crippen molar-refractivity contribution in [3.63, 3.8) is 0 Å². The highest BCUT2D eigenvalue weighted by molar-refractivity contribution is 9.10. The van der Waals surface area contributed by atoms with E-state index in [1.54, 1.807) is 32.1 Å². The number of allylic oxidation sites excluding steroid dienone is 1. The third-order valence-electron chi connectivity index (χ3n) is 6.13. The van der Waals surface area contributed by atoms with Crippen LogP contribution in [0.5, 0.6) is 11.5 Å². The van der Waals surface area contributed by atoms with Crippen LogP contribution in [-0.2, 0) is 9.53 Å². The lowest BCUT2D eigenvalue weighted by atomic mass is 9.95. The van der Waals surface area contributed by atoms with E-state index in [2.05, 4.69) is 20.9 Å². The standard InChI is InChI=1S/C28H21BrN2O6S2/c1-3-34-26(33)23-15(2)30-28-31(24(23)16-9-10-20-21(11-16)36-14-35-20)25(32)22(39-28)13-17-12-19(29)27(37-17)38-18-7-5-4-6-8-18/h4-13,24H,3,14H2,1-2H3/b22-13+/t24-/m1/s1. The molecule has 11 heteroatoms. The Kier molecular flexibility index (Phi) is 6.96. The predicted molar refractivity (Wildman–Crippen MR) is 150 cm³/mol. The molecular weight excluding hydrogens is 604 g/mol. The van der Waals surface area contributed by atoms with Crippen LogP contribution in [0.2, 0.25) is 0 Å². The normalized spacial score (nSPS) is 16.3. The summed E-state index contributed by atoms with van der Waals surface area (Å²) in [6, 6.07) is 16.3. The zero-order valence-electron chi connectivity index (χ0n) is 20.8. The maximum absolute atomic E-state index is 13.8. The van der Waals surface area contributed by atoms with Crippen molar-refractivity contribution in [3.8, 4) is 11.5 Å². The number of fused-ring (bicyclic) bond motifs is 2. The molecule has 8 nitrogen and oxygen atoms in total. The summed E-state index contributed by atoms with van der Waals surface area (Å²) in [5, 5.41) is 0.680. The number of carbonyl (C=O) groups is 1. The molecule has 2 aromatic carbocycles. The maximum Gasteiger partial charge on any atom is 0.338 e. The minimum Gasteiger partial charge on any atom is -0.463 e. The zero-order chi connectivity index (χ0) is 27.1. The molecule has 0 unspecified atom stereocenters. The summed E-state index contributed by atoms with van der Waals surface area (Å²) < 4.78 is 25.2. The Balaban J connectivity index is 1.46. The lowest BCUT2D eigenvalue weighted by Gasteiger charge is -2.24. The molecule has 0 bridgehead atoms. The van der Waals surface area contributed by atoms with E-state index in [4.69, 9.17) is 18.6 Å². The van der Waals surface area contributed by atoms with Crippen LogP contribution in [0, 0.1) is 0 Å². The van der Waals surface area contributed by atoms with Gasteiger partial charge in [-0.25, -0.2) is 9.79 Å². The average molecular weight is 626 g/mol. The van der Waals surface area contributed by atoms with Crippen LogP contribution in [0.15, 0.2) is 94.5 Å². The number of furan rings is 1. The minimum absolute atomic E-state index is 0.115. The zero-order valence-corrected chi connectivity index (χ0v) is 24.0. The average Bonchev–Trinajstić information content (AvgIpc) is 3.61. The topological polar surface area (TPSA) is 92.3 Å². The molecule has 1 atom stereocenters. The highest BCUT2D eigenvalue weighted by Gasteiger charge is 2.34. The van der Waals surface area contributed by atoms with E-state index >= 15 is 0 Å². The molecule has 0 radical (unpaired) electrons. The smallest absolute Gasteiger partial charge is 0.338 e. The van der Waals surface area contributed by atoms with Crippen molar-refractivity contribution < 1.29 is 23.4 Å². The number of halogens is 1. The summed E-state index contributed by atoms with van der Waals surface area (Å²) in [5.41, 5.74) is 1.19. The minimum atomic E-state index is -0.746. The van der Waals surface area contributed by atoms with Gasteiger partial charge >= 0.3 is 5.97 Å². The Morgan fingerprint density at radius 2 is 2.00 bits per heavy atom. The molecule has 0 fully saturated rings. The van der Waals surface area contributed by atoms with E-state index in [0.29, 0.717) is 48.5 Å². The molecule has 4 aromatic rings. The Morgan fingerprint density at radius 3 is 2.79 bits per heavy atom. The van der Waals surface area contributed by atoms with E-state index in [-0.39, 0.29) is 19.0 Å². The van der Waals surface area contributed by atoms with Crippen molar-refractivity contribution in [1.82, 2.24) is 4.57 Å². The largest absolute Gasteiger partial charge is 0.463 e. The fourth-order valence-corrected chi connectivity index (χ4v) is 6.80. The molecule has 4 heterocycles. The number of rotatable bonds is 6. The van der Waals surface area contributed by atoms with Gasteiger partial charge in [0.2, 0.25) is 6.79 Å². The number of thiazole rings is 1. The summed E-state index contributed by atoms with van der Waals surface area (Å²) in [7, 11) is 0. The van der Waals surface area contributed by atoms with Gasteiger partial charge in [-0.15, -0.1) is 0 Å². The van der Waals surface area contributed by atoms with Gasteiger partial charge in [-0.1, -0.05) is 47.4 Å². The monoisotopic (exact) mass is 624 g/mol. The second-order valence-corrected chi connectivity index (χ2v) is 11.5. The number of hydrogen-bond donors (Lipinski definition) is 0. The number of aromatic nitrogens is 1. The molecule has 39 heavy (non-hydrogen) atoms. The van der Waals surface area contributed by atoms with Gasteiger partial charge in [-0.2, -0.15) is 0 Å². The van der Waals surface area contributed by atoms with Crippen molar-refractivity contribution >= 4 is 51.1 Å². The van der Waals surface area contributed by atoms with Gasteiger partial charge < -0.3 is 18.6 Å². The molecule has 0 saturated heterocycles. The number of ether oxygens (including phenoxy) is 3. The van der Waals surface area contributed by atoms with Gasteiger partial charge in [0.05, 0.1) is 32.9 Å². The molecule has 0 amide bonds. The van der Waals surface area contributed by atoms with Gasteiger partial charge in [0, 0.05) is 11.0 Å². The third kappa shape index (κ3) is 4.86. The van der Waals surface area contributed by atoms with Gasteiger partial charge in [-0.3, -0.25) is 9.36 Å².